The monoisotopic (exact) mass is 305 g/mol. The number of hydrogen-bond donors (Lipinski definition) is 2. The normalized spacial score (nSPS) is 11.6. The van der Waals surface area contributed by atoms with Gasteiger partial charge in [0.2, 0.25) is 0 Å². The van der Waals surface area contributed by atoms with Gasteiger partial charge in [-0.25, -0.2) is 4.39 Å². The van der Waals surface area contributed by atoms with Gasteiger partial charge in [-0.1, -0.05) is 0 Å². The topological polar surface area (TPSA) is 62.5 Å². The van der Waals surface area contributed by atoms with Crippen molar-refractivity contribution < 1.29 is 18.7 Å². The molecule has 0 fully saturated rings. The zero-order valence-electron chi connectivity index (χ0n) is 12.7. The summed E-state index contributed by atoms with van der Waals surface area (Å²) < 4.78 is 18.6. The van der Waals surface area contributed by atoms with E-state index in [4.69, 9.17) is 9.52 Å². The molecule has 0 atom stereocenters. The molecule has 1 aromatic heterocycles. The summed E-state index contributed by atoms with van der Waals surface area (Å²) >= 11 is 0. The maximum Gasteiger partial charge on any atom is 0.309 e. The van der Waals surface area contributed by atoms with Gasteiger partial charge in [-0.3, -0.25) is 4.79 Å². The number of hydrogen-bond acceptors (Lipinski definition) is 3. The Kier molecular flexibility index (Phi) is 4.98. The Hall–Kier alpha value is -2.14. The second-order valence-electron chi connectivity index (χ2n) is 5.89. The second-order valence-corrected chi connectivity index (χ2v) is 5.89. The first kappa shape index (κ1) is 16.2. The lowest BCUT2D eigenvalue weighted by Gasteiger charge is -2.18. The van der Waals surface area contributed by atoms with Crippen molar-refractivity contribution in [1.82, 2.24) is 5.32 Å². The summed E-state index contributed by atoms with van der Waals surface area (Å²) in [5.74, 6) is 0.360. The van der Waals surface area contributed by atoms with Crippen LogP contribution in [0.15, 0.2) is 40.8 Å². The van der Waals surface area contributed by atoms with Crippen LogP contribution in [0.2, 0.25) is 0 Å². The molecule has 4 nitrogen and oxygen atoms in total. The number of aliphatic carboxylic acids is 1. The quantitative estimate of drug-likeness (QED) is 0.766. The lowest BCUT2D eigenvalue weighted by atomic mass is 9.90. The molecule has 1 aromatic carbocycles. The van der Waals surface area contributed by atoms with E-state index < -0.39 is 11.4 Å². The number of halogens is 1. The van der Waals surface area contributed by atoms with Crippen molar-refractivity contribution in [2.24, 2.45) is 5.41 Å². The lowest BCUT2D eigenvalue weighted by molar-refractivity contribution is -0.147. The van der Waals surface area contributed by atoms with Crippen LogP contribution >= 0.6 is 0 Å². The highest BCUT2D eigenvalue weighted by Gasteiger charge is 2.26. The molecule has 0 bridgehead atoms. The molecule has 0 aliphatic carbocycles. The summed E-state index contributed by atoms with van der Waals surface area (Å²) in [6, 6.07) is 9.81. The van der Waals surface area contributed by atoms with Crippen LogP contribution in [0.25, 0.3) is 11.3 Å². The van der Waals surface area contributed by atoms with Crippen molar-refractivity contribution in [1.29, 1.82) is 0 Å². The van der Waals surface area contributed by atoms with Gasteiger partial charge >= 0.3 is 5.97 Å². The van der Waals surface area contributed by atoms with Crippen LogP contribution in [-0.2, 0) is 11.3 Å². The van der Waals surface area contributed by atoms with Gasteiger partial charge in [0.15, 0.2) is 0 Å². The van der Waals surface area contributed by atoms with Gasteiger partial charge in [0.05, 0.1) is 12.0 Å². The van der Waals surface area contributed by atoms with E-state index in [1.54, 1.807) is 26.0 Å². The molecule has 2 aromatic rings. The van der Waals surface area contributed by atoms with E-state index in [0.29, 0.717) is 25.3 Å². The van der Waals surface area contributed by atoms with Crippen LogP contribution in [0, 0.1) is 11.2 Å². The third kappa shape index (κ3) is 4.18. The molecule has 0 amide bonds. The first-order valence-corrected chi connectivity index (χ1v) is 7.17. The summed E-state index contributed by atoms with van der Waals surface area (Å²) in [5.41, 5.74) is 0.0785. The molecule has 2 N–H and O–H groups in total. The smallest absolute Gasteiger partial charge is 0.309 e. The van der Waals surface area contributed by atoms with Gasteiger partial charge in [-0.15, -0.1) is 0 Å². The Morgan fingerprint density at radius 1 is 1.23 bits per heavy atom. The van der Waals surface area contributed by atoms with Crippen LogP contribution in [0.3, 0.4) is 0 Å². The van der Waals surface area contributed by atoms with E-state index in [2.05, 4.69) is 5.32 Å². The van der Waals surface area contributed by atoms with Crippen molar-refractivity contribution in [2.45, 2.75) is 26.8 Å². The SMILES string of the molecule is CC(C)(CCNCc1ccc(-c2ccc(F)cc2)o1)C(=O)O. The van der Waals surface area contributed by atoms with Gasteiger partial charge in [0.1, 0.15) is 17.3 Å². The maximum absolute atomic E-state index is 12.9. The fourth-order valence-corrected chi connectivity index (χ4v) is 1.96. The lowest BCUT2D eigenvalue weighted by Crippen LogP contribution is -2.28. The second kappa shape index (κ2) is 6.75. The Balaban J connectivity index is 1.85. The van der Waals surface area contributed by atoms with Crippen molar-refractivity contribution in [3.63, 3.8) is 0 Å². The van der Waals surface area contributed by atoms with Crippen LogP contribution in [0.4, 0.5) is 4.39 Å². The maximum atomic E-state index is 12.9. The third-order valence-corrected chi connectivity index (χ3v) is 3.60. The van der Waals surface area contributed by atoms with Crippen molar-refractivity contribution in [3.05, 3.63) is 48.0 Å². The number of carbonyl (C=O) groups is 1. The van der Waals surface area contributed by atoms with Crippen molar-refractivity contribution >= 4 is 5.97 Å². The first-order chi connectivity index (χ1) is 10.4. The largest absolute Gasteiger partial charge is 0.481 e. The van der Waals surface area contributed by atoms with Crippen molar-refractivity contribution in [3.8, 4) is 11.3 Å². The molecular weight excluding hydrogens is 285 g/mol. The van der Waals surface area contributed by atoms with Crippen LogP contribution in [-0.4, -0.2) is 17.6 Å². The van der Waals surface area contributed by atoms with Crippen LogP contribution in [0.1, 0.15) is 26.0 Å². The zero-order chi connectivity index (χ0) is 16.2. The fourth-order valence-electron chi connectivity index (χ4n) is 1.96. The Labute approximate surface area is 129 Å². The molecule has 0 aliphatic heterocycles. The molecule has 0 saturated heterocycles. The van der Waals surface area contributed by atoms with Gasteiger partial charge in [-0.05, 0) is 63.2 Å². The molecule has 0 radical (unpaired) electrons. The van der Waals surface area contributed by atoms with Crippen LogP contribution in [0.5, 0.6) is 0 Å². The number of nitrogens with one attached hydrogen (secondary N) is 1. The summed E-state index contributed by atoms with van der Waals surface area (Å²) in [7, 11) is 0. The molecule has 5 heteroatoms. The van der Waals surface area contributed by atoms with Gasteiger partial charge in [0, 0.05) is 5.56 Å². The minimum absolute atomic E-state index is 0.279. The van der Waals surface area contributed by atoms with Gasteiger partial charge < -0.3 is 14.8 Å². The minimum atomic E-state index is -0.800. The molecular formula is C17H20FNO3. The summed E-state index contributed by atoms with van der Waals surface area (Å²) in [4.78, 5) is 11.0. The summed E-state index contributed by atoms with van der Waals surface area (Å²) in [6.07, 6.45) is 0.536. The summed E-state index contributed by atoms with van der Waals surface area (Å²) in [5, 5.41) is 12.2. The molecule has 22 heavy (non-hydrogen) atoms. The Morgan fingerprint density at radius 2 is 1.91 bits per heavy atom. The van der Waals surface area contributed by atoms with E-state index in [0.717, 1.165) is 11.3 Å². The highest BCUT2D eigenvalue weighted by molar-refractivity contribution is 5.73. The van der Waals surface area contributed by atoms with E-state index in [-0.39, 0.29) is 5.82 Å². The molecule has 0 spiro atoms. The van der Waals surface area contributed by atoms with E-state index >= 15 is 0 Å². The molecule has 118 valence electrons. The number of carboxylic acid groups (broad SMARTS) is 1. The average molecular weight is 305 g/mol. The minimum Gasteiger partial charge on any atom is -0.481 e. The first-order valence-electron chi connectivity index (χ1n) is 7.17. The number of carboxylic acids is 1. The number of benzene rings is 1. The molecule has 1 heterocycles. The van der Waals surface area contributed by atoms with E-state index in [9.17, 15) is 9.18 Å². The van der Waals surface area contributed by atoms with Crippen LogP contribution < -0.4 is 5.32 Å². The van der Waals surface area contributed by atoms with Gasteiger partial charge in [0.25, 0.3) is 0 Å². The van der Waals surface area contributed by atoms with E-state index in [1.807, 2.05) is 12.1 Å². The third-order valence-electron chi connectivity index (χ3n) is 3.60. The summed E-state index contributed by atoms with van der Waals surface area (Å²) in [6.45, 7) is 4.52. The van der Waals surface area contributed by atoms with E-state index in [1.165, 1.54) is 12.1 Å². The van der Waals surface area contributed by atoms with Crippen molar-refractivity contribution in [2.75, 3.05) is 6.54 Å². The molecule has 0 aliphatic rings. The van der Waals surface area contributed by atoms with Gasteiger partial charge in [-0.2, -0.15) is 0 Å². The number of rotatable bonds is 7. The predicted octanol–water partition coefficient (Wildman–Crippen LogP) is 3.68. The zero-order valence-corrected chi connectivity index (χ0v) is 12.7. The highest BCUT2D eigenvalue weighted by atomic mass is 19.1. The Morgan fingerprint density at radius 3 is 2.55 bits per heavy atom. The Bertz CT molecular complexity index is 632. The molecule has 0 unspecified atom stereocenters. The predicted molar refractivity (Wildman–Crippen MR) is 81.8 cm³/mol. The standard InChI is InChI=1S/C17H20FNO3/c1-17(2,16(20)21)9-10-19-11-14-7-8-15(22-14)12-3-5-13(18)6-4-12/h3-8,19H,9-11H2,1-2H3,(H,20,21). The fraction of sp³-hybridized carbons (Fsp3) is 0.353. The number of furan rings is 1. The molecule has 0 saturated carbocycles. The average Bonchev–Trinajstić information content (AvgIpc) is 2.93. The molecule has 2 rings (SSSR count). The highest BCUT2D eigenvalue weighted by Crippen LogP contribution is 2.23.